The van der Waals surface area contributed by atoms with Gasteiger partial charge in [0.15, 0.2) is 0 Å². The summed E-state index contributed by atoms with van der Waals surface area (Å²) in [6.07, 6.45) is 0. The molecule has 4 nitrogen and oxygen atoms in total. The number of Topliss-reactive ketones (excluding diaryl/α,β-unsaturated/α-hetero) is 1. The minimum Gasteiger partial charge on any atom is -0.454 e. The number of ketones is 1. The molecule has 0 aromatic heterocycles. The third-order valence-electron chi connectivity index (χ3n) is 5.28. The molecule has 2 atom stereocenters. The van der Waals surface area contributed by atoms with Crippen LogP contribution >= 0.6 is 0 Å². The third-order valence-corrected chi connectivity index (χ3v) is 5.28. The van der Waals surface area contributed by atoms with Crippen molar-refractivity contribution in [2.45, 2.75) is 51.9 Å². The lowest BCUT2D eigenvalue weighted by Gasteiger charge is -2.36. The molecule has 3 aromatic carbocycles. The van der Waals surface area contributed by atoms with Crippen LogP contribution in [-0.4, -0.2) is 22.3 Å². The van der Waals surface area contributed by atoms with Crippen molar-refractivity contribution in [1.29, 1.82) is 0 Å². The smallest absolute Gasteiger partial charge is 0.377 e. The molecule has 0 saturated heterocycles. The maximum Gasteiger partial charge on any atom is 0.377 e. The van der Waals surface area contributed by atoms with Crippen molar-refractivity contribution in [2.24, 2.45) is 0 Å². The molecule has 0 radical (unpaired) electrons. The van der Waals surface area contributed by atoms with Crippen molar-refractivity contribution in [3.05, 3.63) is 108 Å². The number of nitrogens with zero attached hydrogens (tertiary/aromatic N) is 1. The fourth-order valence-corrected chi connectivity index (χ4v) is 3.74. The monoisotopic (exact) mass is 429 g/mol. The van der Waals surface area contributed by atoms with Crippen LogP contribution in [0.2, 0.25) is 0 Å². The first-order chi connectivity index (χ1) is 15.3. The van der Waals surface area contributed by atoms with E-state index in [-0.39, 0.29) is 6.04 Å². The van der Waals surface area contributed by atoms with Crippen LogP contribution in [0.1, 0.15) is 56.5 Å². The van der Waals surface area contributed by atoms with E-state index in [1.54, 1.807) is 20.8 Å². The summed E-state index contributed by atoms with van der Waals surface area (Å²) in [6, 6.07) is 28.6. The van der Waals surface area contributed by atoms with Crippen LogP contribution in [-0.2, 0) is 20.9 Å². The molecule has 0 bridgehead atoms. The lowest BCUT2D eigenvalue weighted by molar-refractivity contribution is -0.165. The molecule has 0 fully saturated rings. The summed E-state index contributed by atoms with van der Waals surface area (Å²) < 4.78 is 5.47. The van der Waals surface area contributed by atoms with Crippen LogP contribution in [0.25, 0.3) is 0 Å². The fourth-order valence-electron chi connectivity index (χ4n) is 3.74. The van der Waals surface area contributed by atoms with Gasteiger partial charge >= 0.3 is 5.97 Å². The molecule has 3 rings (SSSR count). The van der Waals surface area contributed by atoms with Crippen molar-refractivity contribution in [3.8, 4) is 0 Å². The van der Waals surface area contributed by atoms with Gasteiger partial charge in [0.1, 0.15) is 11.6 Å². The number of hydrogen-bond acceptors (Lipinski definition) is 4. The largest absolute Gasteiger partial charge is 0.454 e. The van der Waals surface area contributed by atoms with E-state index in [1.807, 2.05) is 91.0 Å². The van der Waals surface area contributed by atoms with Crippen LogP contribution in [0, 0.1) is 0 Å². The summed E-state index contributed by atoms with van der Waals surface area (Å²) in [5, 5.41) is 0. The van der Waals surface area contributed by atoms with Gasteiger partial charge in [-0.15, -0.1) is 0 Å². The first-order valence-electron chi connectivity index (χ1n) is 10.9. The van der Waals surface area contributed by atoms with Gasteiger partial charge in [-0.2, -0.15) is 0 Å². The molecule has 0 amide bonds. The Morgan fingerprint density at radius 1 is 0.781 bits per heavy atom. The summed E-state index contributed by atoms with van der Waals surface area (Å²) in [5.74, 6) is -1.38. The van der Waals surface area contributed by atoms with Crippen LogP contribution in [0.15, 0.2) is 91.0 Å². The van der Waals surface area contributed by atoms with Gasteiger partial charge in [0.25, 0.3) is 5.78 Å². The molecule has 4 heteroatoms. The normalized spacial score (nSPS) is 13.4. The van der Waals surface area contributed by atoms with E-state index in [9.17, 15) is 9.59 Å². The van der Waals surface area contributed by atoms with Crippen molar-refractivity contribution >= 4 is 11.8 Å². The van der Waals surface area contributed by atoms with Crippen LogP contribution in [0.4, 0.5) is 0 Å². The second kappa shape index (κ2) is 10.4. The molecule has 0 aliphatic rings. The Morgan fingerprint density at radius 2 is 1.25 bits per heavy atom. The highest BCUT2D eigenvalue weighted by molar-refractivity contribution is 6.35. The van der Waals surface area contributed by atoms with E-state index >= 15 is 0 Å². The second-order valence-corrected chi connectivity index (χ2v) is 8.92. The van der Waals surface area contributed by atoms with Gasteiger partial charge in [-0.25, -0.2) is 4.79 Å². The lowest BCUT2D eigenvalue weighted by atomic mass is 9.95. The number of hydrogen-bond donors (Lipinski definition) is 0. The van der Waals surface area contributed by atoms with Gasteiger partial charge in [-0.3, -0.25) is 9.69 Å². The summed E-state index contributed by atoms with van der Waals surface area (Å²) in [6.45, 7) is 7.87. The number of carbonyl (C=O) groups is 2. The highest BCUT2D eigenvalue weighted by Gasteiger charge is 2.37. The number of rotatable bonds is 8. The molecule has 32 heavy (non-hydrogen) atoms. The Kier molecular flexibility index (Phi) is 7.60. The molecule has 0 aliphatic carbocycles. The first-order valence-corrected chi connectivity index (χ1v) is 10.9. The van der Waals surface area contributed by atoms with Crippen LogP contribution in [0.3, 0.4) is 0 Å². The van der Waals surface area contributed by atoms with Gasteiger partial charge < -0.3 is 4.74 Å². The van der Waals surface area contributed by atoms with E-state index < -0.39 is 23.4 Å². The Morgan fingerprint density at radius 3 is 1.75 bits per heavy atom. The first kappa shape index (κ1) is 23.4. The number of benzene rings is 3. The third kappa shape index (κ3) is 6.14. The minimum atomic E-state index is -0.815. The Balaban J connectivity index is 2.07. The van der Waals surface area contributed by atoms with E-state index in [4.69, 9.17) is 4.74 Å². The topological polar surface area (TPSA) is 46.6 Å². The molecule has 0 spiro atoms. The standard InChI is InChI=1S/C28H31NO3/c1-21(23-16-10-6-11-17-23)29(20-22-14-8-5-9-15-22)25(24-18-12-7-13-19-24)26(30)27(31)32-28(2,3)4/h5-19,21,25H,20H2,1-4H3/t21-,25-/m1/s1. The van der Waals surface area contributed by atoms with Crippen molar-refractivity contribution in [3.63, 3.8) is 0 Å². The minimum absolute atomic E-state index is 0.118. The predicted molar refractivity (Wildman–Crippen MR) is 127 cm³/mol. The van der Waals surface area contributed by atoms with Gasteiger partial charge in [0, 0.05) is 12.6 Å². The Labute approximate surface area is 190 Å². The second-order valence-electron chi connectivity index (χ2n) is 8.92. The van der Waals surface area contributed by atoms with Gasteiger partial charge in [0.2, 0.25) is 0 Å². The lowest BCUT2D eigenvalue weighted by Crippen LogP contribution is -2.41. The average molecular weight is 430 g/mol. The van der Waals surface area contributed by atoms with Crippen molar-refractivity contribution in [2.75, 3.05) is 0 Å². The highest BCUT2D eigenvalue weighted by atomic mass is 16.6. The summed E-state index contributed by atoms with van der Waals surface area (Å²) in [7, 11) is 0. The molecule has 0 aliphatic heterocycles. The SMILES string of the molecule is C[C@H](c1ccccc1)N(Cc1ccccc1)[C@@H](C(=O)C(=O)OC(C)(C)C)c1ccccc1. The van der Waals surface area contributed by atoms with E-state index in [1.165, 1.54) is 0 Å². The van der Waals surface area contributed by atoms with E-state index in [0.29, 0.717) is 6.54 Å². The molecule has 166 valence electrons. The van der Waals surface area contributed by atoms with Crippen molar-refractivity contribution in [1.82, 2.24) is 4.90 Å². The Bertz CT molecular complexity index is 1010. The molecule has 0 heterocycles. The van der Waals surface area contributed by atoms with Gasteiger partial charge in [-0.1, -0.05) is 91.0 Å². The molecule has 3 aromatic rings. The number of esters is 1. The zero-order valence-electron chi connectivity index (χ0n) is 19.2. The van der Waals surface area contributed by atoms with Crippen LogP contribution < -0.4 is 0 Å². The maximum atomic E-state index is 13.6. The van der Waals surface area contributed by atoms with Crippen molar-refractivity contribution < 1.29 is 14.3 Å². The number of ether oxygens (including phenoxy) is 1. The quantitative estimate of drug-likeness (QED) is 0.330. The molecule has 0 saturated carbocycles. The highest BCUT2D eigenvalue weighted by Crippen LogP contribution is 2.33. The predicted octanol–water partition coefficient (Wildman–Crippen LogP) is 5.90. The number of carbonyl (C=O) groups excluding carboxylic acids is 2. The van der Waals surface area contributed by atoms with E-state index in [2.05, 4.69) is 11.8 Å². The van der Waals surface area contributed by atoms with E-state index in [0.717, 1.165) is 16.7 Å². The molecular formula is C28H31NO3. The summed E-state index contributed by atoms with van der Waals surface area (Å²) >= 11 is 0. The molecular weight excluding hydrogens is 398 g/mol. The fraction of sp³-hybridized carbons (Fsp3) is 0.286. The summed E-state index contributed by atoms with van der Waals surface area (Å²) in [4.78, 5) is 28.5. The molecule has 0 unspecified atom stereocenters. The zero-order valence-corrected chi connectivity index (χ0v) is 19.2. The maximum absolute atomic E-state index is 13.6. The van der Waals surface area contributed by atoms with Gasteiger partial charge in [0.05, 0.1) is 0 Å². The average Bonchev–Trinajstić information content (AvgIpc) is 2.79. The Hall–Kier alpha value is -3.24. The molecule has 0 N–H and O–H groups in total. The van der Waals surface area contributed by atoms with Crippen LogP contribution in [0.5, 0.6) is 0 Å². The summed E-state index contributed by atoms with van der Waals surface area (Å²) in [5.41, 5.74) is 2.15. The van der Waals surface area contributed by atoms with Gasteiger partial charge in [-0.05, 0) is 44.4 Å². The zero-order chi connectivity index (χ0) is 23.1.